The zero-order valence-electron chi connectivity index (χ0n) is 15.9. The molecule has 0 spiro atoms. The van der Waals surface area contributed by atoms with Crippen molar-refractivity contribution < 1.29 is 24.1 Å². The van der Waals surface area contributed by atoms with Crippen molar-refractivity contribution in [3.05, 3.63) is 0 Å². The summed E-state index contributed by atoms with van der Waals surface area (Å²) >= 11 is 0. The van der Waals surface area contributed by atoms with Gasteiger partial charge in [0.05, 0.1) is 0 Å². The van der Waals surface area contributed by atoms with Crippen LogP contribution in [0, 0.1) is 5.41 Å². The third-order valence-electron chi connectivity index (χ3n) is 3.37. The molecule has 0 aromatic heterocycles. The number of ether oxygens (including phenoxy) is 1. The van der Waals surface area contributed by atoms with Gasteiger partial charge in [-0.2, -0.15) is 4.89 Å². The van der Waals surface area contributed by atoms with Crippen LogP contribution in [0.4, 0.5) is 4.79 Å². The Hall–Kier alpha value is -1.34. The van der Waals surface area contributed by atoms with Crippen LogP contribution in [0.15, 0.2) is 0 Å². The molecular weight excluding hydrogens is 312 g/mol. The summed E-state index contributed by atoms with van der Waals surface area (Å²) in [5, 5.41) is 0. The monoisotopic (exact) mass is 346 g/mol. The number of carbonyl (C=O) groups excluding carboxylic acids is 2. The fourth-order valence-corrected chi connectivity index (χ4v) is 2.29. The van der Waals surface area contributed by atoms with E-state index in [2.05, 4.69) is 20.8 Å². The van der Waals surface area contributed by atoms with E-state index in [4.69, 9.17) is 20.4 Å². The van der Waals surface area contributed by atoms with E-state index >= 15 is 0 Å². The lowest BCUT2D eigenvalue weighted by Gasteiger charge is -2.25. The zero-order chi connectivity index (χ0) is 18.8. The van der Waals surface area contributed by atoms with Crippen molar-refractivity contribution in [2.24, 2.45) is 11.3 Å². The summed E-state index contributed by atoms with van der Waals surface area (Å²) in [6.45, 7) is 11.8. The lowest BCUT2D eigenvalue weighted by atomic mass is 9.89. The molecule has 3 N–H and O–H groups in total. The van der Waals surface area contributed by atoms with Gasteiger partial charge in [-0.05, 0) is 39.0 Å². The summed E-state index contributed by atoms with van der Waals surface area (Å²) in [6, 6.07) is 0. The van der Waals surface area contributed by atoms with Gasteiger partial charge in [-0.15, -0.1) is 0 Å². The van der Waals surface area contributed by atoms with Gasteiger partial charge in [0.1, 0.15) is 11.7 Å². The summed E-state index contributed by atoms with van der Waals surface area (Å²) in [4.78, 5) is 32.8. The number of carbonyl (C=O) groups is 2. The SMILES string of the molecule is CC(CC(C)(C)OOC(=O)CCCCCC(C)(C)C)OC(=O)NN. The lowest BCUT2D eigenvalue weighted by molar-refractivity contribution is -0.328. The molecule has 0 heterocycles. The standard InChI is InChI=1S/C17H34N2O5/c1-13(22-15(21)19-18)12-17(5,6)24-23-14(20)10-8-7-9-11-16(2,3)4/h13H,7-12,18H2,1-6H3,(H,19,21). The Morgan fingerprint density at radius 3 is 2.25 bits per heavy atom. The van der Waals surface area contributed by atoms with Gasteiger partial charge in [0, 0.05) is 12.8 Å². The van der Waals surface area contributed by atoms with Crippen molar-refractivity contribution in [3.8, 4) is 0 Å². The van der Waals surface area contributed by atoms with Crippen LogP contribution >= 0.6 is 0 Å². The van der Waals surface area contributed by atoms with E-state index in [0.29, 0.717) is 18.3 Å². The van der Waals surface area contributed by atoms with E-state index in [9.17, 15) is 9.59 Å². The maximum Gasteiger partial charge on any atom is 0.421 e. The summed E-state index contributed by atoms with van der Waals surface area (Å²) in [5.74, 6) is 4.57. The molecule has 7 nitrogen and oxygen atoms in total. The molecule has 0 aromatic carbocycles. The van der Waals surface area contributed by atoms with Crippen molar-refractivity contribution in [2.45, 2.75) is 91.8 Å². The zero-order valence-corrected chi connectivity index (χ0v) is 15.9. The van der Waals surface area contributed by atoms with E-state index < -0.39 is 17.8 Å². The summed E-state index contributed by atoms with van der Waals surface area (Å²) in [7, 11) is 0. The minimum absolute atomic E-state index is 0.327. The minimum atomic E-state index is -0.768. The highest BCUT2D eigenvalue weighted by atomic mass is 17.2. The van der Waals surface area contributed by atoms with Crippen molar-refractivity contribution in [3.63, 3.8) is 0 Å². The van der Waals surface area contributed by atoms with Crippen LogP contribution in [0.3, 0.4) is 0 Å². The summed E-state index contributed by atoms with van der Waals surface area (Å²) in [5.41, 5.74) is 1.45. The number of hydrazine groups is 1. The fourth-order valence-electron chi connectivity index (χ4n) is 2.29. The second-order valence-corrected chi connectivity index (χ2v) is 7.98. The Morgan fingerprint density at radius 1 is 1.08 bits per heavy atom. The predicted octanol–water partition coefficient (Wildman–Crippen LogP) is 3.61. The highest BCUT2D eigenvalue weighted by Gasteiger charge is 2.27. The van der Waals surface area contributed by atoms with Gasteiger partial charge in [0.25, 0.3) is 0 Å². The smallest absolute Gasteiger partial charge is 0.421 e. The van der Waals surface area contributed by atoms with Gasteiger partial charge >= 0.3 is 12.1 Å². The van der Waals surface area contributed by atoms with Crippen molar-refractivity contribution in [1.82, 2.24) is 5.43 Å². The minimum Gasteiger partial charge on any atom is -0.445 e. The molecule has 1 amide bonds. The van der Waals surface area contributed by atoms with Gasteiger partial charge in [-0.3, -0.25) is 10.3 Å². The first-order chi connectivity index (χ1) is 10.9. The maximum absolute atomic E-state index is 11.7. The summed E-state index contributed by atoms with van der Waals surface area (Å²) < 4.78 is 4.97. The number of nitrogens with one attached hydrogen (secondary N) is 1. The molecule has 1 unspecified atom stereocenters. The van der Waals surface area contributed by atoms with Crippen LogP contribution in [-0.2, 0) is 19.3 Å². The number of hydrogen-bond acceptors (Lipinski definition) is 6. The van der Waals surface area contributed by atoms with Crippen LogP contribution in [0.2, 0.25) is 0 Å². The number of amides is 1. The van der Waals surface area contributed by atoms with Crippen LogP contribution in [0.25, 0.3) is 0 Å². The number of unbranched alkanes of at least 4 members (excludes halogenated alkanes) is 2. The van der Waals surface area contributed by atoms with Gasteiger partial charge in [0.2, 0.25) is 0 Å². The highest BCUT2D eigenvalue weighted by molar-refractivity contribution is 5.68. The molecule has 0 fully saturated rings. The summed E-state index contributed by atoms with van der Waals surface area (Å²) in [6.07, 6.45) is 3.57. The molecule has 0 bridgehead atoms. The molecule has 0 saturated heterocycles. The van der Waals surface area contributed by atoms with Crippen LogP contribution < -0.4 is 11.3 Å². The van der Waals surface area contributed by atoms with E-state index in [-0.39, 0.29) is 5.97 Å². The molecule has 0 aromatic rings. The average Bonchev–Trinajstić information content (AvgIpc) is 2.42. The van der Waals surface area contributed by atoms with Crippen molar-refractivity contribution >= 4 is 12.1 Å². The Kier molecular flexibility index (Phi) is 9.92. The first-order valence-corrected chi connectivity index (χ1v) is 8.51. The Morgan fingerprint density at radius 2 is 1.71 bits per heavy atom. The van der Waals surface area contributed by atoms with Crippen LogP contribution in [-0.4, -0.2) is 23.8 Å². The second kappa shape index (κ2) is 10.5. The molecule has 142 valence electrons. The molecule has 7 heteroatoms. The van der Waals surface area contributed by atoms with Crippen LogP contribution in [0.5, 0.6) is 0 Å². The predicted molar refractivity (Wildman–Crippen MR) is 91.7 cm³/mol. The maximum atomic E-state index is 11.7. The van der Waals surface area contributed by atoms with Crippen LogP contribution in [0.1, 0.15) is 80.1 Å². The number of rotatable bonds is 10. The average molecular weight is 346 g/mol. The van der Waals surface area contributed by atoms with Gasteiger partial charge in [-0.25, -0.2) is 15.4 Å². The molecule has 24 heavy (non-hydrogen) atoms. The van der Waals surface area contributed by atoms with E-state index in [1.807, 2.05) is 5.43 Å². The quantitative estimate of drug-likeness (QED) is 0.206. The highest BCUT2D eigenvalue weighted by Crippen LogP contribution is 2.23. The van der Waals surface area contributed by atoms with Gasteiger partial charge < -0.3 is 4.74 Å². The first-order valence-electron chi connectivity index (χ1n) is 8.51. The molecule has 1 atom stereocenters. The Labute approximate surface area is 145 Å². The molecule has 0 rings (SSSR count). The normalized spacial score (nSPS) is 13.3. The molecule has 0 saturated carbocycles. The molecule has 0 aliphatic rings. The molecule has 0 aliphatic heterocycles. The topological polar surface area (TPSA) is 99.9 Å². The number of hydrogen-bond donors (Lipinski definition) is 2. The van der Waals surface area contributed by atoms with Crippen molar-refractivity contribution in [1.29, 1.82) is 0 Å². The molecular formula is C17H34N2O5. The fraction of sp³-hybridized carbons (Fsp3) is 0.882. The third kappa shape index (κ3) is 13.1. The van der Waals surface area contributed by atoms with E-state index in [1.165, 1.54) is 0 Å². The molecule has 0 radical (unpaired) electrons. The van der Waals surface area contributed by atoms with E-state index in [1.54, 1.807) is 20.8 Å². The second-order valence-electron chi connectivity index (χ2n) is 7.98. The van der Waals surface area contributed by atoms with Crippen molar-refractivity contribution in [2.75, 3.05) is 0 Å². The number of nitrogens with two attached hydrogens (primary N) is 1. The Balaban J connectivity index is 3.92. The third-order valence-corrected chi connectivity index (χ3v) is 3.37. The Bertz CT molecular complexity index is 391. The first kappa shape index (κ1) is 22.7. The largest absolute Gasteiger partial charge is 0.445 e. The van der Waals surface area contributed by atoms with E-state index in [0.717, 1.165) is 25.7 Å². The lowest BCUT2D eigenvalue weighted by Crippen LogP contribution is -2.37. The molecule has 0 aliphatic carbocycles. The van der Waals surface area contributed by atoms with Gasteiger partial charge in [-0.1, -0.05) is 33.6 Å². The van der Waals surface area contributed by atoms with Gasteiger partial charge in [0.15, 0.2) is 0 Å².